The van der Waals surface area contributed by atoms with Gasteiger partial charge in [0.25, 0.3) is 0 Å². The van der Waals surface area contributed by atoms with Gasteiger partial charge in [0.05, 0.1) is 19.5 Å². The fourth-order valence-electron chi connectivity index (χ4n) is 1.13. The minimum atomic E-state index is -2.47. The molecule has 0 aromatic heterocycles. The van der Waals surface area contributed by atoms with Crippen LogP contribution in [0.3, 0.4) is 0 Å². The molecule has 0 atom stereocenters. The van der Waals surface area contributed by atoms with Gasteiger partial charge in [0, 0.05) is 27.4 Å². The first-order chi connectivity index (χ1) is 7.74. The highest BCUT2D eigenvalue weighted by Gasteiger charge is 2.37. The summed E-state index contributed by atoms with van der Waals surface area (Å²) in [5.74, 6) is 0. The zero-order valence-corrected chi connectivity index (χ0v) is 11.5. The topological polar surface area (TPSA) is 46.2 Å². The maximum absolute atomic E-state index is 5.38. The van der Waals surface area contributed by atoms with Crippen molar-refractivity contribution in [3.8, 4) is 0 Å². The van der Waals surface area contributed by atoms with Crippen LogP contribution in [0, 0.1) is 0 Å². The van der Waals surface area contributed by atoms with E-state index in [2.05, 4.69) is 0 Å². The normalized spacial score (nSPS) is 12.2. The molecule has 0 fully saturated rings. The molecule has 6 heteroatoms. The van der Waals surface area contributed by atoms with Crippen LogP contribution in [0.15, 0.2) is 12.3 Å². The van der Waals surface area contributed by atoms with Crippen LogP contribution >= 0.6 is 0 Å². The van der Waals surface area contributed by atoms with Crippen molar-refractivity contribution >= 4 is 8.80 Å². The van der Waals surface area contributed by atoms with Crippen LogP contribution in [0.5, 0.6) is 0 Å². The van der Waals surface area contributed by atoms with Crippen LogP contribution in [-0.2, 0) is 22.8 Å². The molecule has 0 aliphatic heterocycles. The van der Waals surface area contributed by atoms with Gasteiger partial charge in [-0.1, -0.05) is 6.08 Å². The third kappa shape index (κ3) is 6.24. The predicted molar refractivity (Wildman–Crippen MR) is 63.2 cm³/mol. The number of allylic oxidation sites excluding steroid dienone is 1. The van der Waals surface area contributed by atoms with E-state index in [9.17, 15) is 0 Å². The van der Waals surface area contributed by atoms with Gasteiger partial charge in [-0.2, -0.15) is 0 Å². The van der Waals surface area contributed by atoms with Crippen LogP contribution in [0.4, 0.5) is 0 Å². The van der Waals surface area contributed by atoms with E-state index in [0.717, 1.165) is 0 Å². The summed E-state index contributed by atoms with van der Waals surface area (Å²) in [5.41, 5.74) is 0. The van der Waals surface area contributed by atoms with Crippen LogP contribution in [0.2, 0.25) is 6.04 Å². The first-order valence-electron chi connectivity index (χ1n) is 5.20. The molecular formula is C10H22O5Si. The van der Waals surface area contributed by atoms with Crippen molar-refractivity contribution < 1.29 is 22.8 Å². The lowest BCUT2D eigenvalue weighted by atomic mass is 10.7. The molecule has 0 unspecified atom stereocenters. The molecule has 0 saturated heterocycles. The van der Waals surface area contributed by atoms with Gasteiger partial charge >= 0.3 is 8.80 Å². The lowest BCUT2D eigenvalue weighted by Gasteiger charge is -2.23. The smallest absolute Gasteiger partial charge is 0.499 e. The molecule has 0 aromatic rings. The van der Waals surface area contributed by atoms with Crippen molar-refractivity contribution in [2.24, 2.45) is 0 Å². The molecule has 0 N–H and O–H groups in total. The first-order valence-corrected chi connectivity index (χ1v) is 7.13. The average molecular weight is 250 g/mol. The Morgan fingerprint density at radius 1 is 0.938 bits per heavy atom. The third-order valence-electron chi connectivity index (χ3n) is 2.06. The lowest BCUT2D eigenvalue weighted by molar-refractivity contribution is 0.0728. The van der Waals surface area contributed by atoms with Crippen molar-refractivity contribution in [2.75, 3.05) is 41.2 Å². The minimum Gasteiger partial charge on any atom is -0.499 e. The van der Waals surface area contributed by atoms with E-state index in [4.69, 9.17) is 22.8 Å². The molecule has 0 radical (unpaired) electrons. The maximum atomic E-state index is 5.38. The van der Waals surface area contributed by atoms with Crippen molar-refractivity contribution in [3.63, 3.8) is 0 Å². The van der Waals surface area contributed by atoms with Gasteiger partial charge in [-0.05, 0) is 6.92 Å². The number of ether oxygens (including phenoxy) is 2. The third-order valence-corrected chi connectivity index (χ3v) is 4.75. The standard InChI is InChI=1S/C10H22O5Si/c1-5-6-14-7-8-15-9-10-16(11-2,12-3)13-4/h5-6H,7-10H2,1-4H3/b6-5+. The molecule has 0 rings (SSSR count). The Bertz CT molecular complexity index is 174. The van der Waals surface area contributed by atoms with E-state index in [0.29, 0.717) is 25.9 Å². The highest BCUT2D eigenvalue weighted by molar-refractivity contribution is 6.60. The van der Waals surface area contributed by atoms with Crippen LogP contribution < -0.4 is 0 Å². The maximum Gasteiger partial charge on any atom is 0.502 e. The summed E-state index contributed by atoms with van der Waals surface area (Å²) < 4.78 is 26.2. The van der Waals surface area contributed by atoms with Gasteiger partial charge < -0.3 is 22.8 Å². The predicted octanol–water partition coefficient (Wildman–Crippen LogP) is 1.43. The van der Waals surface area contributed by atoms with Crippen molar-refractivity contribution in [2.45, 2.75) is 13.0 Å². The second-order valence-corrected chi connectivity index (χ2v) is 6.09. The summed E-state index contributed by atoms with van der Waals surface area (Å²) in [4.78, 5) is 0. The molecule has 0 bridgehead atoms. The lowest BCUT2D eigenvalue weighted by Crippen LogP contribution is -2.43. The Labute approximate surface area is 98.7 Å². The monoisotopic (exact) mass is 250 g/mol. The highest BCUT2D eigenvalue weighted by atomic mass is 28.4. The molecule has 96 valence electrons. The number of rotatable bonds is 10. The van der Waals surface area contributed by atoms with Gasteiger partial charge in [-0.15, -0.1) is 0 Å². The average Bonchev–Trinajstić information content (AvgIpc) is 2.34. The Hall–Kier alpha value is -0.403. The van der Waals surface area contributed by atoms with Gasteiger partial charge in [-0.25, -0.2) is 0 Å². The van der Waals surface area contributed by atoms with E-state index in [1.165, 1.54) is 0 Å². The van der Waals surface area contributed by atoms with E-state index in [1.54, 1.807) is 27.6 Å². The molecule has 0 amide bonds. The Morgan fingerprint density at radius 3 is 2.06 bits per heavy atom. The number of hydrogen-bond donors (Lipinski definition) is 0. The van der Waals surface area contributed by atoms with Crippen molar-refractivity contribution in [1.82, 2.24) is 0 Å². The number of hydrogen-bond acceptors (Lipinski definition) is 5. The van der Waals surface area contributed by atoms with E-state index < -0.39 is 8.80 Å². The summed E-state index contributed by atoms with van der Waals surface area (Å²) >= 11 is 0. The zero-order valence-electron chi connectivity index (χ0n) is 10.5. The van der Waals surface area contributed by atoms with Gasteiger partial charge in [0.2, 0.25) is 0 Å². The van der Waals surface area contributed by atoms with Gasteiger partial charge in [0.15, 0.2) is 0 Å². The van der Waals surface area contributed by atoms with Crippen molar-refractivity contribution in [3.05, 3.63) is 12.3 Å². The van der Waals surface area contributed by atoms with E-state index in [-0.39, 0.29) is 0 Å². The zero-order chi connectivity index (χ0) is 12.3. The molecule has 0 aliphatic rings. The van der Waals surface area contributed by atoms with Gasteiger partial charge in [0.1, 0.15) is 6.61 Å². The Balaban J connectivity index is 3.55. The van der Waals surface area contributed by atoms with Crippen molar-refractivity contribution in [1.29, 1.82) is 0 Å². The van der Waals surface area contributed by atoms with Crippen LogP contribution in [0.1, 0.15) is 6.92 Å². The largest absolute Gasteiger partial charge is 0.502 e. The molecule has 0 aliphatic carbocycles. The summed E-state index contributed by atoms with van der Waals surface area (Å²) in [7, 11) is 2.30. The molecule has 5 nitrogen and oxygen atoms in total. The quantitative estimate of drug-likeness (QED) is 0.333. The first kappa shape index (κ1) is 15.6. The second-order valence-electron chi connectivity index (χ2n) is 3.00. The molecule has 0 heterocycles. The summed E-state index contributed by atoms with van der Waals surface area (Å²) in [5, 5.41) is 0. The fraction of sp³-hybridized carbons (Fsp3) is 0.800. The van der Waals surface area contributed by atoms with E-state index in [1.807, 2.05) is 13.0 Å². The fourth-order valence-corrected chi connectivity index (χ4v) is 2.63. The summed E-state index contributed by atoms with van der Waals surface area (Å²) in [6.07, 6.45) is 3.47. The SMILES string of the molecule is C/C=C/OCCOCC[Si](OC)(OC)OC. The van der Waals surface area contributed by atoms with Crippen LogP contribution in [-0.4, -0.2) is 50.0 Å². The summed E-state index contributed by atoms with van der Waals surface area (Å²) in [6, 6.07) is 0.639. The molecule has 0 saturated carbocycles. The van der Waals surface area contributed by atoms with Crippen LogP contribution in [0.25, 0.3) is 0 Å². The highest BCUT2D eigenvalue weighted by Crippen LogP contribution is 2.11. The molecule has 0 aromatic carbocycles. The molecule has 0 spiro atoms. The molecular weight excluding hydrogens is 228 g/mol. The Kier molecular flexibility index (Phi) is 9.55. The second kappa shape index (κ2) is 9.80. The minimum absolute atomic E-state index is 0.543. The Morgan fingerprint density at radius 2 is 1.56 bits per heavy atom. The van der Waals surface area contributed by atoms with E-state index >= 15 is 0 Å². The molecule has 16 heavy (non-hydrogen) atoms. The summed E-state index contributed by atoms with van der Waals surface area (Å²) in [6.45, 7) is 3.54. The van der Waals surface area contributed by atoms with Gasteiger partial charge in [-0.3, -0.25) is 0 Å².